The summed E-state index contributed by atoms with van der Waals surface area (Å²) >= 11 is 6.51. The predicted octanol–water partition coefficient (Wildman–Crippen LogP) is 3.26. The summed E-state index contributed by atoms with van der Waals surface area (Å²) < 4.78 is 5.56. The van der Waals surface area contributed by atoms with Gasteiger partial charge in [0.15, 0.2) is 0 Å². The second kappa shape index (κ2) is 8.77. The molecule has 0 saturated carbocycles. The van der Waals surface area contributed by atoms with E-state index in [0.717, 1.165) is 69.7 Å². The topological polar surface area (TPSA) is 31.8 Å². The van der Waals surface area contributed by atoms with E-state index < -0.39 is 0 Å². The Balaban J connectivity index is 1.60. The van der Waals surface area contributed by atoms with Gasteiger partial charge in [-0.05, 0) is 53.6 Å². The fourth-order valence-corrected chi connectivity index (χ4v) is 4.99. The lowest BCUT2D eigenvalue weighted by molar-refractivity contribution is 0.0444. The van der Waals surface area contributed by atoms with Crippen molar-refractivity contribution in [3.05, 3.63) is 63.9 Å². The molecule has 5 rings (SSSR count). The second-order valence-electron chi connectivity index (χ2n) is 8.51. The Morgan fingerprint density at radius 1 is 1.07 bits per heavy atom. The molecule has 1 aromatic carbocycles. The number of ether oxygens (including phenoxy) is 1. The van der Waals surface area contributed by atoms with Crippen LogP contribution in [-0.4, -0.2) is 85.8 Å². The van der Waals surface area contributed by atoms with Gasteiger partial charge in [0.05, 0.1) is 24.9 Å². The lowest BCUT2D eigenvalue weighted by atomic mass is 9.93. The third-order valence-electron chi connectivity index (χ3n) is 6.52. The highest BCUT2D eigenvalue weighted by Crippen LogP contribution is 2.40. The minimum Gasteiger partial charge on any atom is -0.379 e. The van der Waals surface area contributed by atoms with Crippen LogP contribution in [0.2, 0.25) is 5.02 Å². The van der Waals surface area contributed by atoms with Crippen LogP contribution >= 0.6 is 11.6 Å². The summed E-state index contributed by atoms with van der Waals surface area (Å²) in [5.74, 6) is 0. The second-order valence-corrected chi connectivity index (χ2v) is 8.95. The average Bonchev–Trinajstić information content (AvgIpc) is 2.90. The van der Waals surface area contributed by atoms with Crippen LogP contribution in [-0.2, 0) is 4.74 Å². The minimum atomic E-state index is 0.153. The fourth-order valence-electron chi connectivity index (χ4n) is 4.82. The van der Waals surface area contributed by atoms with Crippen molar-refractivity contribution in [1.29, 1.82) is 0 Å². The van der Waals surface area contributed by atoms with Crippen molar-refractivity contribution >= 4 is 23.3 Å². The summed E-state index contributed by atoms with van der Waals surface area (Å²) in [5, 5.41) is 0.790. The van der Waals surface area contributed by atoms with Crippen molar-refractivity contribution in [3.63, 3.8) is 0 Å². The number of nitrogens with zero attached hydrogens (tertiary/aromatic N) is 4. The van der Waals surface area contributed by atoms with E-state index in [4.69, 9.17) is 21.3 Å². The smallest absolute Gasteiger partial charge is 0.0789 e. The number of morpholine rings is 1. The van der Waals surface area contributed by atoms with Crippen LogP contribution in [0.4, 0.5) is 0 Å². The standard InChI is InChI=1S/C24H29ClN4O/c1-27-7-9-29(10-8-27)24-21-5-4-20(25)16-22(21)19(17-28-11-13-30-14-12-28)15-18-3-2-6-26-23(18)24/h2-6,15-16,24H,7-14,17H2,1H3. The molecule has 5 nitrogen and oxygen atoms in total. The van der Waals surface area contributed by atoms with Crippen LogP contribution in [0.25, 0.3) is 11.6 Å². The molecule has 2 aliphatic heterocycles. The first-order valence-electron chi connectivity index (χ1n) is 10.9. The van der Waals surface area contributed by atoms with Gasteiger partial charge in [0.2, 0.25) is 0 Å². The average molecular weight is 425 g/mol. The highest BCUT2D eigenvalue weighted by Gasteiger charge is 2.32. The zero-order valence-electron chi connectivity index (χ0n) is 17.6. The van der Waals surface area contributed by atoms with Crippen LogP contribution < -0.4 is 0 Å². The van der Waals surface area contributed by atoms with Crippen molar-refractivity contribution in [3.8, 4) is 0 Å². The van der Waals surface area contributed by atoms with Crippen molar-refractivity contribution in [1.82, 2.24) is 19.7 Å². The summed E-state index contributed by atoms with van der Waals surface area (Å²) in [5.41, 5.74) is 6.27. The molecule has 0 N–H and O–H groups in total. The van der Waals surface area contributed by atoms with Gasteiger partial charge >= 0.3 is 0 Å². The van der Waals surface area contributed by atoms with E-state index in [1.165, 1.54) is 22.3 Å². The molecule has 1 atom stereocenters. The van der Waals surface area contributed by atoms with Crippen LogP contribution in [0, 0.1) is 0 Å². The SMILES string of the molecule is CN1CCN(C2c3ccc(Cl)cc3C(CN3CCOCC3)=Cc3cccnc32)CC1. The third kappa shape index (κ3) is 4.05. The number of halogens is 1. The maximum absolute atomic E-state index is 6.51. The molecular weight excluding hydrogens is 396 g/mol. The molecule has 1 aromatic heterocycles. The number of likely N-dealkylation sites (N-methyl/N-ethyl adjacent to an activating group) is 1. The number of hydrogen-bond donors (Lipinski definition) is 0. The maximum atomic E-state index is 6.51. The normalized spacial score (nSPS) is 23.4. The van der Waals surface area contributed by atoms with Crippen LogP contribution in [0.1, 0.15) is 28.4 Å². The number of benzene rings is 1. The van der Waals surface area contributed by atoms with E-state index in [1.54, 1.807) is 0 Å². The predicted molar refractivity (Wildman–Crippen MR) is 122 cm³/mol. The molecule has 0 amide bonds. The van der Waals surface area contributed by atoms with Gasteiger partial charge < -0.3 is 9.64 Å². The number of pyridine rings is 1. The minimum absolute atomic E-state index is 0.153. The Morgan fingerprint density at radius 3 is 2.67 bits per heavy atom. The van der Waals surface area contributed by atoms with E-state index >= 15 is 0 Å². The van der Waals surface area contributed by atoms with Gasteiger partial charge in [-0.3, -0.25) is 14.8 Å². The molecule has 2 saturated heterocycles. The highest BCUT2D eigenvalue weighted by molar-refractivity contribution is 6.30. The zero-order chi connectivity index (χ0) is 20.5. The third-order valence-corrected chi connectivity index (χ3v) is 6.75. The quantitative estimate of drug-likeness (QED) is 0.755. The first-order chi connectivity index (χ1) is 14.7. The molecule has 0 spiro atoms. The highest BCUT2D eigenvalue weighted by atomic mass is 35.5. The van der Waals surface area contributed by atoms with Gasteiger partial charge in [-0.25, -0.2) is 0 Å². The summed E-state index contributed by atoms with van der Waals surface area (Å²) in [6, 6.07) is 10.8. The molecule has 1 unspecified atom stereocenters. The van der Waals surface area contributed by atoms with Crippen molar-refractivity contribution < 1.29 is 4.74 Å². The number of hydrogen-bond acceptors (Lipinski definition) is 5. The largest absolute Gasteiger partial charge is 0.379 e. The Bertz CT molecular complexity index is 933. The first kappa shape index (κ1) is 20.2. The first-order valence-corrected chi connectivity index (χ1v) is 11.2. The van der Waals surface area contributed by atoms with Crippen molar-refractivity contribution in [2.45, 2.75) is 6.04 Å². The number of fused-ring (bicyclic) bond motifs is 2. The molecule has 2 fully saturated rings. The van der Waals surface area contributed by atoms with E-state index in [2.05, 4.69) is 46.0 Å². The van der Waals surface area contributed by atoms with Crippen LogP contribution in [0.15, 0.2) is 36.5 Å². The van der Waals surface area contributed by atoms with Gasteiger partial charge in [-0.1, -0.05) is 23.7 Å². The number of aromatic nitrogens is 1. The van der Waals surface area contributed by atoms with Crippen LogP contribution in [0.3, 0.4) is 0 Å². The molecule has 0 bridgehead atoms. The van der Waals surface area contributed by atoms with Crippen molar-refractivity contribution in [2.75, 3.05) is 66.1 Å². The molecular formula is C24H29ClN4O. The molecule has 158 valence electrons. The summed E-state index contributed by atoms with van der Waals surface area (Å²) in [7, 11) is 2.20. The van der Waals surface area contributed by atoms with Gasteiger partial charge in [-0.15, -0.1) is 0 Å². The Labute approximate surface area is 183 Å². The molecule has 2 aromatic rings. The molecule has 3 aliphatic rings. The Morgan fingerprint density at radius 2 is 1.87 bits per heavy atom. The summed E-state index contributed by atoms with van der Waals surface area (Å²) in [6.07, 6.45) is 4.27. The number of piperazine rings is 1. The molecule has 6 heteroatoms. The zero-order valence-corrected chi connectivity index (χ0v) is 18.3. The van der Waals surface area contributed by atoms with Crippen molar-refractivity contribution in [2.24, 2.45) is 0 Å². The Kier molecular flexibility index (Phi) is 5.89. The lowest BCUT2D eigenvalue weighted by Crippen LogP contribution is -2.46. The van der Waals surface area contributed by atoms with E-state index in [9.17, 15) is 0 Å². The van der Waals surface area contributed by atoms with Gasteiger partial charge in [0.1, 0.15) is 0 Å². The van der Waals surface area contributed by atoms with Gasteiger partial charge in [0.25, 0.3) is 0 Å². The summed E-state index contributed by atoms with van der Waals surface area (Å²) in [6.45, 7) is 8.68. The molecule has 3 heterocycles. The molecule has 30 heavy (non-hydrogen) atoms. The van der Waals surface area contributed by atoms with Crippen LogP contribution in [0.5, 0.6) is 0 Å². The van der Waals surface area contributed by atoms with E-state index in [1.807, 2.05) is 18.3 Å². The molecule has 1 aliphatic carbocycles. The van der Waals surface area contributed by atoms with E-state index in [-0.39, 0.29) is 6.04 Å². The lowest BCUT2D eigenvalue weighted by Gasteiger charge is -2.38. The maximum Gasteiger partial charge on any atom is 0.0789 e. The van der Waals surface area contributed by atoms with Gasteiger partial charge in [0, 0.05) is 57.0 Å². The Hall–Kier alpha value is -1.76. The van der Waals surface area contributed by atoms with E-state index in [0.29, 0.717) is 0 Å². The fraction of sp³-hybridized carbons (Fsp3) is 0.458. The summed E-state index contributed by atoms with van der Waals surface area (Å²) in [4.78, 5) is 12.4. The number of rotatable bonds is 3. The van der Waals surface area contributed by atoms with Gasteiger partial charge in [-0.2, -0.15) is 0 Å². The monoisotopic (exact) mass is 424 g/mol. The molecule has 0 radical (unpaired) electrons.